The van der Waals surface area contributed by atoms with Gasteiger partial charge in [0.15, 0.2) is 10.8 Å². The van der Waals surface area contributed by atoms with Crippen molar-refractivity contribution in [3.05, 3.63) is 24.2 Å². The van der Waals surface area contributed by atoms with E-state index >= 15 is 0 Å². The summed E-state index contributed by atoms with van der Waals surface area (Å²) in [6.07, 6.45) is 1.63. The molecule has 0 radical (unpaired) electrons. The molecule has 2 aromatic heterocycles. The Bertz CT molecular complexity index is 339. The molecule has 2 rings (SSSR count). The minimum absolute atomic E-state index is 0.788. The van der Waals surface area contributed by atoms with Gasteiger partial charge in [-0.15, -0.1) is 0 Å². The predicted octanol–water partition coefficient (Wildman–Crippen LogP) is 2.11. The van der Waals surface area contributed by atoms with Crippen molar-refractivity contribution >= 4 is 11.5 Å². The Morgan fingerprint density at radius 2 is 2.45 bits per heavy atom. The number of hydrogen-bond donors (Lipinski definition) is 0. The lowest BCUT2D eigenvalue weighted by atomic mass is 10.5. The molecule has 56 valence electrons. The lowest BCUT2D eigenvalue weighted by Gasteiger charge is -1.82. The van der Waals surface area contributed by atoms with Crippen LogP contribution >= 0.6 is 11.5 Å². The molecule has 0 saturated carbocycles. The fourth-order valence-corrected chi connectivity index (χ4v) is 1.44. The summed E-state index contributed by atoms with van der Waals surface area (Å²) in [5, 5.41) is 0.840. The molecular weight excluding hydrogens is 160 g/mol. The fourth-order valence-electron chi connectivity index (χ4n) is 0.797. The van der Waals surface area contributed by atoms with Gasteiger partial charge in [0.05, 0.1) is 6.26 Å². The molecule has 0 atom stereocenters. The molecule has 0 saturated heterocycles. The van der Waals surface area contributed by atoms with E-state index in [0.29, 0.717) is 0 Å². The van der Waals surface area contributed by atoms with Gasteiger partial charge >= 0.3 is 0 Å². The maximum Gasteiger partial charge on any atom is 0.179 e. The van der Waals surface area contributed by atoms with Crippen molar-refractivity contribution in [3.63, 3.8) is 0 Å². The summed E-state index contributed by atoms with van der Waals surface area (Å²) in [4.78, 5) is 4.17. The highest BCUT2D eigenvalue weighted by atomic mass is 32.1. The average Bonchev–Trinajstić information content (AvgIpc) is 2.55. The second-order valence-electron chi connectivity index (χ2n) is 2.12. The molecule has 11 heavy (non-hydrogen) atoms. The third kappa shape index (κ3) is 1.17. The van der Waals surface area contributed by atoms with Gasteiger partial charge in [-0.1, -0.05) is 0 Å². The van der Waals surface area contributed by atoms with Crippen molar-refractivity contribution in [1.82, 2.24) is 9.36 Å². The summed E-state index contributed by atoms with van der Waals surface area (Å²) in [6, 6.07) is 3.71. The fraction of sp³-hybridized carbons (Fsp3) is 0.143. The Hall–Kier alpha value is -1.16. The van der Waals surface area contributed by atoms with Gasteiger partial charge in [-0.25, -0.2) is 4.98 Å². The first kappa shape index (κ1) is 6.54. The van der Waals surface area contributed by atoms with Crippen LogP contribution in [0.25, 0.3) is 10.8 Å². The number of nitrogens with zero attached hydrogens (tertiary/aromatic N) is 2. The summed E-state index contributed by atoms with van der Waals surface area (Å²) in [7, 11) is 0. The van der Waals surface area contributed by atoms with Crippen molar-refractivity contribution in [3.8, 4) is 10.8 Å². The van der Waals surface area contributed by atoms with Crippen LogP contribution in [0.3, 0.4) is 0 Å². The quantitative estimate of drug-likeness (QED) is 0.651. The molecule has 0 amide bonds. The smallest absolute Gasteiger partial charge is 0.179 e. The van der Waals surface area contributed by atoms with Crippen molar-refractivity contribution < 1.29 is 4.42 Å². The zero-order valence-corrected chi connectivity index (χ0v) is 6.76. The van der Waals surface area contributed by atoms with Gasteiger partial charge in [-0.2, -0.15) is 4.37 Å². The number of rotatable bonds is 1. The zero-order valence-electron chi connectivity index (χ0n) is 5.94. The van der Waals surface area contributed by atoms with E-state index in [4.69, 9.17) is 4.42 Å². The van der Waals surface area contributed by atoms with Crippen LogP contribution in [0.5, 0.6) is 0 Å². The number of aryl methyl sites for hydroxylation is 1. The SMILES string of the molecule is Cc1nsc(-c2ccco2)n1. The van der Waals surface area contributed by atoms with E-state index in [2.05, 4.69) is 9.36 Å². The van der Waals surface area contributed by atoms with Gasteiger partial charge in [0.25, 0.3) is 0 Å². The highest BCUT2D eigenvalue weighted by Crippen LogP contribution is 2.20. The molecule has 3 nitrogen and oxygen atoms in total. The van der Waals surface area contributed by atoms with E-state index in [9.17, 15) is 0 Å². The first-order chi connectivity index (χ1) is 5.36. The minimum atomic E-state index is 0.788. The van der Waals surface area contributed by atoms with Crippen LogP contribution in [0, 0.1) is 6.92 Å². The molecule has 0 aliphatic carbocycles. The molecule has 0 spiro atoms. The highest BCUT2D eigenvalue weighted by Gasteiger charge is 2.04. The van der Waals surface area contributed by atoms with Crippen molar-refractivity contribution in [2.45, 2.75) is 6.92 Å². The van der Waals surface area contributed by atoms with Crippen LogP contribution in [0.4, 0.5) is 0 Å². The van der Waals surface area contributed by atoms with Crippen molar-refractivity contribution in [1.29, 1.82) is 0 Å². The number of aromatic nitrogens is 2. The van der Waals surface area contributed by atoms with Crippen molar-refractivity contribution in [2.24, 2.45) is 0 Å². The summed E-state index contributed by atoms with van der Waals surface area (Å²) in [5.41, 5.74) is 0. The average molecular weight is 166 g/mol. The monoisotopic (exact) mass is 166 g/mol. The Kier molecular flexibility index (Phi) is 1.47. The molecule has 0 aliphatic heterocycles. The third-order valence-corrected chi connectivity index (χ3v) is 2.08. The maximum absolute atomic E-state index is 5.14. The summed E-state index contributed by atoms with van der Waals surface area (Å²) in [6.45, 7) is 1.86. The van der Waals surface area contributed by atoms with E-state index in [-0.39, 0.29) is 0 Å². The van der Waals surface area contributed by atoms with Gasteiger partial charge in [0, 0.05) is 0 Å². The van der Waals surface area contributed by atoms with Crippen LogP contribution in [-0.2, 0) is 0 Å². The molecule has 0 bridgehead atoms. The molecule has 2 aromatic rings. The Morgan fingerprint density at radius 1 is 1.55 bits per heavy atom. The third-order valence-electron chi connectivity index (χ3n) is 1.26. The number of hydrogen-bond acceptors (Lipinski definition) is 4. The molecule has 0 aliphatic rings. The standard InChI is InChI=1S/C7H6N2OS/c1-5-8-7(11-9-5)6-3-2-4-10-6/h2-4H,1H3. The molecule has 4 heteroatoms. The van der Waals surface area contributed by atoms with Crippen LogP contribution in [-0.4, -0.2) is 9.36 Å². The van der Waals surface area contributed by atoms with E-state index < -0.39 is 0 Å². The second-order valence-corrected chi connectivity index (χ2v) is 2.88. The van der Waals surface area contributed by atoms with Gasteiger partial charge in [0.1, 0.15) is 5.82 Å². The minimum Gasteiger partial charge on any atom is -0.462 e. The van der Waals surface area contributed by atoms with E-state index in [1.165, 1.54) is 11.5 Å². The normalized spacial score (nSPS) is 10.3. The molecule has 0 unspecified atom stereocenters. The summed E-state index contributed by atoms with van der Waals surface area (Å²) in [5.74, 6) is 1.58. The van der Waals surface area contributed by atoms with Crippen LogP contribution in [0.15, 0.2) is 22.8 Å². The molecule has 0 fully saturated rings. The van der Waals surface area contributed by atoms with E-state index in [1.807, 2.05) is 19.1 Å². The van der Waals surface area contributed by atoms with Gasteiger partial charge in [0.2, 0.25) is 0 Å². The van der Waals surface area contributed by atoms with Crippen molar-refractivity contribution in [2.75, 3.05) is 0 Å². The topological polar surface area (TPSA) is 38.9 Å². The lowest BCUT2D eigenvalue weighted by molar-refractivity contribution is 0.581. The molecule has 2 heterocycles. The number of furan rings is 1. The maximum atomic E-state index is 5.14. The molecule has 0 N–H and O–H groups in total. The second kappa shape index (κ2) is 2.47. The van der Waals surface area contributed by atoms with Gasteiger partial charge in [-0.05, 0) is 30.6 Å². The van der Waals surface area contributed by atoms with E-state index in [0.717, 1.165) is 16.6 Å². The lowest BCUT2D eigenvalue weighted by Crippen LogP contribution is -1.72. The predicted molar refractivity (Wildman–Crippen MR) is 42.3 cm³/mol. The van der Waals surface area contributed by atoms with Gasteiger partial charge in [-0.3, -0.25) is 0 Å². The first-order valence-corrected chi connectivity index (χ1v) is 3.98. The Labute approximate surface area is 67.9 Å². The van der Waals surface area contributed by atoms with Crippen LogP contribution in [0.2, 0.25) is 0 Å². The van der Waals surface area contributed by atoms with E-state index in [1.54, 1.807) is 6.26 Å². The molecule has 0 aromatic carbocycles. The van der Waals surface area contributed by atoms with Crippen LogP contribution in [0.1, 0.15) is 5.82 Å². The Balaban J connectivity index is 2.45. The zero-order chi connectivity index (χ0) is 7.68. The summed E-state index contributed by atoms with van der Waals surface area (Å²) >= 11 is 1.35. The largest absolute Gasteiger partial charge is 0.462 e. The summed E-state index contributed by atoms with van der Waals surface area (Å²) < 4.78 is 9.18. The first-order valence-electron chi connectivity index (χ1n) is 3.20. The van der Waals surface area contributed by atoms with Crippen LogP contribution < -0.4 is 0 Å². The molecular formula is C7H6N2OS. The van der Waals surface area contributed by atoms with Gasteiger partial charge < -0.3 is 4.42 Å². The highest BCUT2D eigenvalue weighted by molar-refractivity contribution is 7.09. The Morgan fingerprint density at radius 3 is 3.00 bits per heavy atom.